The minimum Gasteiger partial charge on any atom is -0.339 e. The summed E-state index contributed by atoms with van der Waals surface area (Å²) in [5, 5.41) is 0. The van der Waals surface area contributed by atoms with E-state index in [4.69, 9.17) is 5.73 Å². The molecule has 1 unspecified atom stereocenters. The lowest BCUT2D eigenvalue weighted by molar-refractivity contribution is -0.128. The first-order valence-corrected chi connectivity index (χ1v) is 6.85. The predicted molar refractivity (Wildman–Crippen MR) is 69.5 cm³/mol. The smallest absolute Gasteiger partial charge is 0.246 e. The number of nitrogens with zero attached hydrogens (tertiary/aromatic N) is 1. The molecule has 2 fully saturated rings. The second kappa shape index (κ2) is 5.21. The van der Waals surface area contributed by atoms with Crippen LogP contribution in [0.4, 0.5) is 0 Å². The Bertz CT molecular complexity index is 303. The van der Waals surface area contributed by atoms with Crippen LogP contribution in [0.3, 0.4) is 0 Å². The van der Waals surface area contributed by atoms with Crippen molar-refractivity contribution in [3.05, 3.63) is 12.2 Å². The first-order chi connectivity index (χ1) is 8.18. The molecular formula is C14H24N2O. The summed E-state index contributed by atoms with van der Waals surface area (Å²) < 4.78 is 0. The van der Waals surface area contributed by atoms with Gasteiger partial charge in [0.1, 0.15) is 0 Å². The number of rotatable bonds is 1. The zero-order valence-electron chi connectivity index (χ0n) is 10.8. The van der Waals surface area contributed by atoms with Gasteiger partial charge in [-0.1, -0.05) is 18.9 Å². The summed E-state index contributed by atoms with van der Waals surface area (Å²) in [6.45, 7) is 3.66. The third-order valence-electron chi connectivity index (χ3n) is 4.61. The number of piperidine rings is 1. The molecule has 2 aliphatic rings. The van der Waals surface area contributed by atoms with Crippen LogP contribution in [-0.2, 0) is 4.79 Å². The fourth-order valence-corrected chi connectivity index (χ4v) is 3.37. The lowest BCUT2D eigenvalue weighted by Crippen LogP contribution is -2.52. The zero-order chi connectivity index (χ0) is 12.3. The van der Waals surface area contributed by atoms with Crippen molar-refractivity contribution < 1.29 is 4.79 Å². The van der Waals surface area contributed by atoms with Crippen LogP contribution >= 0.6 is 0 Å². The highest BCUT2D eigenvalue weighted by Crippen LogP contribution is 2.43. The summed E-state index contributed by atoms with van der Waals surface area (Å²) in [7, 11) is 0. The van der Waals surface area contributed by atoms with E-state index in [2.05, 4.69) is 0 Å². The van der Waals surface area contributed by atoms with Gasteiger partial charge in [-0.05, 0) is 44.1 Å². The van der Waals surface area contributed by atoms with Gasteiger partial charge in [0.15, 0.2) is 0 Å². The Morgan fingerprint density at radius 1 is 1.29 bits per heavy atom. The first-order valence-electron chi connectivity index (χ1n) is 6.85. The highest BCUT2D eigenvalue weighted by Gasteiger charge is 2.41. The Balaban J connectivity index is 1.95. The van der Waals surface area contributed by atoms with Gasteiger partial charge in [0, 0.05) is 19.1 Å². The molecule has 0 aromatic heterocycles. The third kappa shape index (κ3) is 2.54. The van der Waals surface area contributed by atoms with Gasteiger partial charge in [0.2, 0.25) is 5.91 Å². The standard InChI is InChI=1S/C14H24N2O/c1-2-5-13(17)16-10-8-14(9-11-16)7-4-3-6-12(14)15/h2,5,12H,3-4,6-11,15H2,1H3/b5-2+. The van der Waals surface area contributed by atoms with Crippen LogP contribution < -0.4 is 5.73 Å². The van der Waals surface area contributed by atoms with Crippen molar-refractivity contribution in [1.29, 1.82) is 0 Å². The zero-order valence-corrected chi connectivity index (χ0v) is 10.8. The Kier molecular flexibility index (Phi) is 3.87. The number of likely N-dealkylation sites (tertiary alicyclic amines) is 1. The second-order valence-corrected chi connectivity index (χ2v) is 5.54. The molecule has 1 aliphatic heterocycles. The maximum absolute atomic E-state index is 11.8. The van der Waals surface area contributed by atoms with E-state index in [0.29, 0.717) is 11.5 Å². The molecule has 1 heterocycles. The van der Waals surface area contributed by atoms with E-state index in [9.17, 15) is 4.79 Å². The molecule has 2 N–H and O–H groups in total. The first kappa shape index (κ1) is 12.6. The Labute approximate surface area is 104 Å². The van der Waals surface area contributed by atoms with Gasteiger partial charge in [-0.25, -0.2) is 0 Å². The molecule has 0 aromatic rings. The topological polar surface area (TPSA) is 46.3 Å². The molecule has 1 amide bonds. The Morgan fingerprint density at radius 2 is 2.00 bits per heavy atom. The second-order valence-electron chi connectivity index (χ2n) is 5.54. The summed E-state index contributed by atoms with van der Waals surface area (Å²) in [5.74, 6) is 0.159. The minimum atomic E-state index is 0.159. The molecule has 3 heteroatoms. The number of allylic oxidation sites excluding steroid dienone is 1. The van der Waals surface area contributed by atoms with Crippen LogP contribution in [-0.4, -0.2) is 29.9 Å². The van der Waals surface area contributed by atoms with Gasteiger partial charge in [-0.2, -0.15) is 0 Å². The van der Waals surface area contributed by atoms with Gasteiger partial charge >= 0.3 is 0 Å². The summed E-state index contributed by atoms with van der Waals surface area (Å²) in [6.07, 6.45) is 10.7. The van der Waals surface area contributed by atoms with E-state index < -0.39 is 0 Å². The molecule has 1 spiro atoms. The Morgan fingerprint density at radius 3 is 2.59 bits per heavy atom. The largest absolute Gasteiger partial charge is 0.339 e. The van der Waals surface area contributed by atoms with Crippen LogP contribution in [0.15, 0.2) is 12.2 Å². The molecule has 1 aliphatic carbocycles. The predicted octanol–water partition coefficient (Wildman–Crippen LogP) is 2.07. The quantitative estimate of drug-likeness (QED) is 0.708. The van der Waals surface area contributed by atoms with E-state index in [1.807, 2.05) is 17.9 Å². The lowest BCUT2D eigenvalue weighted by Gasteiger charge is -2.47. The van der Waals surface area contributed by atoms with Crippen LogP contribution in [0.1, 0.15) is 45.4 Å². The van der Waals surface area contributed by atoms with Crippen molar-refractivity contribution >= 4 is 5.91 Å². The fourth-order valence-electron chi connectivity index (χ4n) is 3.37. The highest BCUT2D eigenvalue weighted by atomic mass is 16.2. The van der Waals surface area contributed by atoms with Crippen molar-refractivity contribution in [1.82, 2.24) is 4.90 Å². The van der Waals surface area contributed by atoms with Crippen LogP contribution in [0.2, 0.25) is 0 Å². The number of hydrogen-bond acceptors (Lipinski definition) is 2. The van der Waals surface area contributed by atoms with Gasteiger partial charge in [-0.15, -0.1) is 0 Å². The average molecular weight is 236 g/mol. The van der Waals surface area contributed by atoms with Gasteiger partial charge in [0.25, 0.3) is 0 Å². The molecule has 0 aromatic carbocycles. The fraction of sp³-hybridized carbons (Fsp3) is 0.786. The molecule has 96 valence electrons. The SMILES string of the molecule is C/C=C/C(=O)N1CCC2(CCCCC2N)CC1. The number of hydrogen-bond donors (Lipinski definition) is 1. The molecule has 2 rings (SSSR count). The Hall–Kier alpha value is -0.830. The maximum atomic E-state index is 11.8. The number of amides is 1. The van der Waals surface area contributed by atoms with E-state index in [-0.39, 0.29) is 5.91 Å². The van der Waals surface area contributed by atoms with Gasteiger partial charge < -0.3 is 10.6 Å². The minimum absolute atomic E-state index is 0.159. The summed E-state index contributed by atoms with van der Waals surface area (Å²) in [5.41, 5.74) is 6.65. The normalized spacial score (nSPS) is 28.8. The van der Waals surface area contributed by atoms with Crippen molar-refractivity contribution in [3.8, 4) is 0 Å². The number of nitrogens with two attached hydrogens (primary N) is 1. The van der Waals surface area contributed by atoms with Crippen molar-refractivity contribution in [3.63, 3.8) is 0 Å². The molecule has 0 bridgehead atoms. The van der Waals surface area contributed by atoms with Crippen molar-refractivity contribution in [2.45, 2.75) is 51.5 Å². The number of carbonyl (C=O) groups excluding carboxylic acids is 1. The van der Waals surface area contributed by atoms with Crippen LogP contribution in [0.5, 0.6) is 0 Å². The van der Waals surface area contributed by atoms with E-state index in [1.54, 1.807) is 6.08 Å². The van der Waals surface area contributed by atoms with Crippen LogP contribution in [0, 0.1) is 5.41 Å². The van der Waals surface area contributed by atoms with Gasteiger partial charge in [0.05, 0.1) is 0 Å². The highest BCUT2D eigenvalue weighted by molar-refractivity contribution is 5.87. The van der Waals surface area contributed by atoms with E-state index in [0.717, 1.165) is 25.9 Å². The lowest BCUT2D eigenvalue weighted by atomic mass is 9.65. The average Bonchev–Trinajstić information content (AvgIpc) is 2.34. The third-order valence-corrected chi connectivity index (χ3v) is 4.61. The van der Waals surface area contributed by atoms with Gasteiger partial charge in [-0.3, -0.25) is 4.79 Å². The van der Waals surface area contributed by atoms with Crippen molar-refractivity contribution in [2.24, 2.45) is 11.1 Å². The molecule has 0 radical (unpaired) electrons. The summed E-state index contributed by atoms with van der Waals surface area (Å²) in [4.78, 5) is 13.7. The number of carbonyl (C=O) groups is 1. The molecule has 17 heavy (non-hydrogen) atoms. The molecule has 1 saturated carbocycles. The van der Waals surface area contributed by atoms with E-state index in [1.165, 1.54) is 25.7 Å². The molecular weight excluding hydrogens is 212 g/mol. The van der Waals surface area contributed by atoms with Crippen LogP contribution in [0.25, 0.3) is 0 Å². The maximum Gasteiger partial charge on any atom is 0.246 e. The monoisotopic (exact) mass is 236 g/mol. The molecule has 1 saturated heterocycles. The molecule has 1 atom stereocenters. The summed E-state index contributed by atoms with van der Waals surface area (Å²) in [6, 6.07) is 0.357. The molecule has 3 nitrogen and oxygen atoms in total. The van der Waals surface area contributed by atoms with E-state index >= 15 is 0 Å². The summed E-state index contributed by atoms with van der Waals surface area (Å²) >= 11 is 0. The van der Waals surface area contributed by atoms with Crippen molar-refractivity contribution in [2.75, 3.05) is 13.1 Å².